The molecule has 1 N–H and O–H groups in total. The number of nitrogens with zero attached hydrogens (tertiary/aromatic N) is 1. The van der Waals surface area contributed by atoms with Gasteiger partial charge in [-0.1, -0.05) is 13.8 Å². The van der Waals surface area contributed by atoms with Crippen LogP contribution in [0.15, 0.2) is 16.7 Å². The second kappa shape index (κ2) is 5.83. The summed E-state index contributed by atoms with van der Waals surface area (Å²) in [4.78, 5) is 2.22. The third-order valence-electron chi connectivity index (χ3n) is 2.25. The lowest BCUT2D eigenvalue weighted by Crippen LogP contribution is -2.16. The van der Waals surface area contributed by atoms with Crippen LogP contribution in [0.1, 0.15) is 25.2 Å². The highest BCUT2D eigenvalue weighted by Crippen LogP contribution is 2.09. The van der Waals surface area contributed by atoms with Crippen LogP contribution in [-0.2, 0) is 13.1 Å². The van der Waals surface area contributed by atoms with Crippen LogP contribution in [0.2, 0.25) is 0 Å². The number of furan rings is 1. The van der Waals surface area contributed by atoms with Crippen LogP contribution in [0.4, 0.5) is 0 Å². The second-order valence-corrected chi connectivity index (χ2v) is 3.53. The predicted molar refractivity (Wildman–Crippen MR) is 58.1 cm³/mol. The molecule has 1 aromatic rings. The topological polar surface area (TPSA) is 28.4 Å². The SMILES string of the molecule is CCNCc1coc(CN(C)CC)c1. The zero-order chi connectivity index (χ0) is 10.4. The molecule has 0 fully saturated rings. The smallest absolute Gasteiger partial charge is 0.118 e. The lowest BCUT2D eigenvalue weighted by molar-refractivity contribution is 0.309. The quantitative estimate of drug-likeness (QED) is 0.752. The van der Waals surface area contributed by atoms with Crippen LogP contribution in [0.5, 0.6) is 0 Å². The highest BCUT2D eigenvalue weighted by molar-refractivity contribution is 5.12. The normalized spacial score (nSPS) is 11.1. The molecule has 0 bridgehead atoms. The predicted octanol–water partition coefficient (Wildman–Crippen LogP) is 1.84. The lowest BCUT2D eigenvalue weighted by atomic mass is 10.3. The molecule has 3 nitrogen and oxygen atoms in total. The minimum absolute atomic E-state index is 0.891. The Bertz CT molecular complexity index is 258. The summed E-state index contributed by atoms with van der Waals surface area (Å²) < 4.78 is 5.45. The molecular formula is C11H20N2O. The minimum Gasteiger partial charge on any atom is -0.468 e. The van der Waals surface area contributed by atoms with Crippen LogP contribution < -0.4 is 5.32 Å². The zero-order valence-corrected chi connectivity index (χ0v) is 9.34. The van der Waals surface area contributed by atoms with Crippen molar-refractivity contribution in [3.05, 3.63) is 23.7 Å². The molecule has 1 aromatic heterocycles. The molecule has 80 valence electrons. The molecule has 14 heavy (non-hydrogen) atoms. The Balaban J connectivity index is 2.42. The van der Waals surface area contributed by atoms with Gasteiger partial charge in [0.1, 0.15) is 5.76 Å². The van der Waals surface area contributed by atoms with Gasteiger partial charge in [-0.2, -0.15) is 0 Å². The molecule has 0 amide bonds. The Kier molecular flexibility index (Phi) is 4.70. The van der Waals surface area contributed by atoms with Gasteiger partial charge >= 0.3 is 0 Å². The molecule has 0 aliphatic carbocycles. The molecule has 0 radical (unpaired) electrons. The molecule has 0 aliphatic rings. The van der Waals surface area contributed by atoms with Gasteiger partial charge in [0.25, 0.3) is 0 Å². The Morgan fingerprint density at radius 2 is 2.21 bits per heavy atom. The fourth-order valence-corrected chi connectivity index (χ4v) is 1.25. The Morgan fingerprint density at radius 1 is 1.43 bits per heavy atom. The van der Waals surface area contributed by atoms with Crippen molar-refractivity contribution < 1.29 is 4.42 Å². The average Bonchev–Trinajstić information content (AvgIpc) is 2.62. The summed E-state index contributed by atoms with van der Waals surface area (Å²) in [7, 11) is 2.09. The molecule has 3 heteroatoms. The summed E-state index contributed by atoms with van der Waals surface area (Å²) >= 11 is 0. The van der Waals surface area contributed by atoms with Crippen LogP contribution >= 0.6 is 0 Å². The molecule has 0 saturated heterocycles. The maximum Gasteiger partial charge on any atom is 0.118 e. The van der Waals surface area contributed by atoms with Gasteiger partial charge in [0.05, 0.1) is 12.8 Å². The van der Waals surface area contributed by atoms with Gasteiger partial charge in [-0.25, -0.2) is 0 Å². The van der Waals surface area contributed by atoms with Crippen molar-refractivity contribution >= 4 is 0 Å². The Labute approximate surface area is 86.1 Å². The van der Waals surface area contributed by atoms with Crippen LogP contribution in [0.25, 0.3) is 0 Å². The Morgan fingerprint density at radius 3 is 2.86 bits per heavy atom. The van der Waals surface area contributed by atoms with Gasteiger partial charge in [-0.3, -0.25) is 4.90 Å². The van der Waals surface area contributed by atoms with Crippen molar-refractivity contribution in [2.45, 2.75) is 26.9 Å². The summed E-state index contributed by atoms with van der Waals surface area (Å²) in [6.07, 6.45) is 1.83. The van der Waals surface area contributed by atoms with Crippen LogP contribution in [0, 0.1) is 0 Å². The van der Waals surface area contributed by atoms with Crippen molar-refractivity contribution in [1.29, 1.82) is 0 Å². The zero-order valence-electron chi connectivity index (χ0n) is 9.34. The molecule has 0 aromatic carbocycles. The van der Waals surface area contributed by atoms with E-state index < -0.39 is 0 Å². The summed E-state index contributed by atoms with van der Waals surface area (Å²) in [5.74, 6) is 1.04. The summed E-state index contributed by atoms with van der Waals surface area (Å²) in [5, 5.41) is 3.27. The summed E-state index contributed by atoms with van der Waals surface area (Å²) in [5.41, 5.74) is 1.23. The molecule has 1 heterocycles. The first-order chi connectivity index (χ1) is 6.76. The monoisotopic (exact) mass is 196 g/mol. The Hall–Kier alpha value is -0.800. The number of rotatable bonds is 6. The van der Waals surface area contributed by atoms with Crippen molar-refractivity contribution in [3.8, 4) is 0 Å². The number of hydrogen-bond donors (Lipinski definition) is 1. The van der Waals surface area contributed by atoms with E-state index in [9.17, 15) is 0 Å². The van der Waals surface area contributed by atoms with Crippen LogP contribution in [-0.4, -0.2) is 25.0 Å². The van der Waals surface area contributed by atoms with E-state index in [1.165, 1.54) is 5.56 Å². The summed E-state index contributed by atoms with van der Waals surface area (Å²) in [6.45, 7) is 8.07. The largest absolute Gasteiger partial charge is 0.468 e. The van der Waals surface area contributed by atoms with E-state index in [2.05, 4.69) is 37.2 Å². The first kappa shape index (κ1) is 11.3. The van der Waals surface area contributed by atoms with Crippen molar-refractivity contribution in [2.24, 2.45) is 0 Å². The van der Waals surface area contributed by atoms with Crippen molar-refractivity contribution in [1.82, 2.24) is 10.2 Å². The van der Waals surface area contributed by atoms with Gasteiger partial charge in [-0.15, -0.1) is 0 Å². The third kappa shape index (κ3) is 3.52. The molecule has 0 atom stereocenters. The van der Waals surface area contributed by atoms with Gasteiger partial charge < -0.3 is 9.73 Å². The maximum absolute atomic E-state index is 5.45. The van der Waals surface area contributed by atoms with Gasteiger partial charge in [0.2, 0.25) is 0 Å². The maximum atomic E-state index is 5.45. The van der Waals surface area contributed by atoms with Crippen LogP contribution in [0.3, 0.4) is 0 Å². The van der Waals surface area contributed by atoms with E-state index in [-0.39, 0.29) is 0 Å². The average molecular weight is 196 g/mol. The standard InChI is InChI=1S/C11H20N2O/c1-4-12-7-10-6-11(14-9-10)8-13(3)5-2/h6,9,12H,4-5,7-8H2,1-3H3. The van der Waals surface area contributed by atoms with E-state index in [4.69, 9.17) is 4.42 Å². The highest BCUT2D eigenvalue weighted by atomic mass is 16.3. The van der Waals surface area contributed by atoms with Gasteiger partial charge in [0, 0.05) is 12.1 Å². The molecular weight excluding hydrogens is 176 g/mol. The van der Waals surface area contributed by atoms with Gasteiger partial charge in [-0.05, 0) is 26.2 Å². The van der Waals surface area contributed by atoms with E-state index >= 15 is 0 Å². The molecule has 0 aliphatic heterocycles. The fourth-order valence-electron chi connectivity index (χ4n) is 1.25. The number of hydrogen-bond acceptors (Lipinski definition) is 3. The number of nitrogens with one attached hydrogen (secondary N) is 1. The fraction of sp³-hybridized carbons (Fsp3) is 0.636. The van der Waals surface area contributed by atoms with Crippen molar-refractivity contribution in [3.63, 3.8) is 0 Å². The third-order valence-corrected chi connectivity index (χ3v) is 2.25. The van der Waals surface area contributed by atoms with E-state index in [0.29, 0.717) is 0 Å². The molecule has 0 spiro atoms. The first-order valence-corrected chi connectivity index (χ1v) is 5.21. The van der Waals surface area contributed by atoms with E-state index in [0.717, 1.165) is 31.9 Å². The molecule has 1 rings (SSSR count). The first-order valence-electron chi connectivity index (χ1n) is 5.21. The minimum atomic E-state index is 0.891. The lowest BCUT2D eigenvalue weighted by Gasteiger charge is -2.10. The highest BCUT2D eigenvalue weighted by Gasteiger charge is 2.03. The molecule has 0 saturated carbocycles. The van der Waals surface area contributed by atoms with E-state index in [1.54, 1.807) is 0 Å². The van der Waals surface area contributed by atoms with E-state index in [1.807, 2.05) is 6.26 Å². The molecule has 0 unspecified atom stereocenters. The second-order valence-electron chi connectivity index (χ2n) is 3.53. The van der Waals surface area contributed by atoms with Gasteiger partial charge in [0.15, 0.2) is 0 Å². The summed E-state index contributed by atoms with van der Waals surface area (Å²) in [6, 6.07) is 2.12. The van der Waals surface area contributed by atoms with Crippen molar-refractivity contribution in [2.75, 3.05) is 20.1 Å².